The zero-order valence-corrected chi connectivity index (χ0v) is 17.8. The lowest BCUT2D eigenvalue weighted by molar-refractivity contribution is 0.306. The highest BCUT2D eigenvalue weighted by molar-refractivity contribution is 7.92. The Kier molecular flexibility index (Phi) is 6.13. The van der Waals surface area contributed by atoms with E-state index in [0.29, 0.717) is 34.9 Å². The number of hydrogen-bond donors (Lipinski definition) is 1. The second kappa shape index (κ2) is 8.57. The van der Waals surface area contributed by atoms with Gasteiger partial charge in [0, 0.05) is 6.07 Å². The smallest absolute Gasteiger partial charge is 0.262 e. The lowest BCUT2D eigenvalue weighted by atomic mass is 10.1. The number of anilines is 1. The number of benzene rings is 3. The molecule has 0 fully saturated rings. The van der Waals surface area contributed by atoms with E-state index in [1.807, 2.05) is 37.3 Å². The van der Waals surface area contributed by atoms with Gasteiger partial charge in [-0.1, -0.05) is 36.4 Å². The summed E-state index contributed by atoms with van der Waals surface area (Å²) in [6.07, 6.45) is 0. The van der Waals surface area contributed by atoms with Gasteiger partial charge in [-0.2, -0.15) is 0 Å². The van der Waals surface area contributed by atoms with Crippen molar-refractivity contribution in [2.24, 2.45) is 0 Å². The van der Waals surface area contributed by atoms with Gasteiger partial charge in [-0.3, -0.25) is 4.72 Å². The summed E-state index contributed by atoms with van der Waals surface area (Å²) in [7, 11) is -2.19. The predicted octanol–water partition coefficient (Wildman–Crippen LogP) is 5.00. The average molecular weight is 412 g/mol. The van der Waals surface area contributed by atoms with Gasteiger partial charge in [-0.15, -0.1) is 0 Å². The van der Waals surface area contributed by atoms with Crippen molar-refractivity contribution in [1.82, 2.24) is 0 Å². The molecule has 0 aliphatic heterocycles. The minimum absolute atomic E-state index is 0.270. The lowest BCUT2D eigenvalue weighted by Crippen LogP contribution is -2.16. The first-order chi connectivity index (χ1) is 13.8. The van der Waals surface area contributed by atoms with Crippen molar-refractivity contribution in [3.05, 3.63) is 82.9 Å². The largest absolute Gasteiger partial charge is 0.496 e. The summed E-state index contributed by atoms with van der Waals surface area (Å²) in [4.78, 5) is 0.270. The normalized spacial score (nSPS) is 11.2. The molecule has 0 spiro atoms. The average Bonchev–Trinajstić information content (AvgIpc) is 2.69. The number of rotatable bonds is 7. The monoisotopic (exact) mass is 411 g/mol. The first-order valence-electron chi connectivity index (χ1n) is 9.26. The Morgan fingerprint density at radius 3 is 2.31 bits per heavy atom. The summed E-state index contributed by atoms with van der Waals surface area (Å²) >= 11 is 0. The van der Waals surface area contributed by atoms with Crippen molar-refractivity contribution in [1.29, 1.82) is 0 Å². The van der Waals surface area contributed by atoms with Crippen LogP contribution in [0.4, 0.5) is 5.69 Å². The summed E-state index contributed by atoms with van der Waals surface area (Å²) in [5.41, 5.74) is 3.60. The Hall–Kier alpha value is -2.99. The van der Waals surface area contributed by atoms with Gasteiger partial charge in [-0.05, 0) is 61.2 Å². The van der Waals surface area contributed by atoms with E-state index in [1.54, 1.807) is 51.3 Å². The molecule has 0 aliphatic carbocycles. The van der Waals surface area contributed by atoms with Crippen molar-refractivity contribution in [2.75, 3.05) is 11.8 Å². The van der Waals surface area contributed by atoms with Crippen LogP contribution in [0.3, 0.4) is 0 Å². The van der Waals surface area contributed by atoms with Gasteiger partial charge in [0.15, 0.2) is 0 Å². The minimum atomic E-state index is -3.77. The van der Waals surface area contributed by atoms with Crippen LogP contribution in [0.25, 0.3) is 0 Å². The van der Waals surface area contributed by atoms with E-state index in [1.165, 1.54) is 0 Å². The fourth-order valence-electron chi connectivity index (χ4n) is 3.24. The lowest BCUT2D eigenvalue weighted by Gasteiger charge is -2.17. The molecule has 3 aromatic carbocycles. The molecule has 0 aromatic heterocycles. The second-order valence-corrected chi connectivity index (χ2v) is 8.50. The molecule has 3 aromatic rings. The standard InChI is InChI=1S/C23H25NO4S/c1-16-13-22(27-4)17(2)18(3)23(16)29(25,26)24-20-11-8-12-21(14-20)28-15-19-9-6-5-7-10-19/h5-14,24H,15H2,1-4H3. The first kappa shape index (κ1) is 20.7. The number of ether oxygens (including phenoxy) is 2. The number of sulfonamides is 1. The molecule has 5 nitrogen and oxygen atoms in total. The third-order valence-corrected chi connectivity index (χ3v) is 6.47. The van der Waals surface area contributed by atoms with Crippen molar-refractivity contribution < 1.29 is 17.9 Å². The van der Waals surface area contributed by atoms with E-state index in [4.69, 9.17) is 9.47 Å². The quantitative estimate of drug-likeness (QED) is 0.594. The Morgan fingerprint density at radius 2 is 1.62 bits per heavy atom. The maximum atomic E-state index is 13.1. The van der Waals surface area contributed by atoms with Crippen LogP contribution < -0.4 is 14.2 Å². The molecule has 0 unspecified atom stereocenters. The van der Waals surface area contributed by atoms with Crippen LogP contribution in [0.15, 0.2) is 65.6 Å². The number of nitrogens with one attached hydrogen (secondary N) is 1. The number of aryl methyl sites for hydroxylation is 1. The predicted molar refractivity (Wildman–Crippen MR) is 115 cm³/mol. The zero-order valence-electron chi connectivity index (χ0n) is 17.0. The molecule has 1 N–H and O–H groups in total. The summed E-state index contributed by atoms with van der Waals surface area (Å²) in [5.74, 6) is 1.27. The van der Waals surface area contributed by atoms with Crippen LogP contribution in [-0.4, -0.2) is 15.5 Å². The van der Waals surface area contributed by atoms with Crippen LogP contribution in [0.5, 0.6) is 11.5 Å². The maximum absolute atomic E-state index is 13.1. The van der Waals surface area contributed by atoms with E-state index in [9.17, 15) is 8.42 Å². The van der Waals surface area contributed by atoms with E-state index >= 15 is 0 Å². The van der Waals surface area contributed by atoms with Crippen molar-refractivity contribution in [3.8, 4) is 11.5 Å². The molecule has 29 heavy (non-hydrogen) atoms. The zero-order chi connectivity index (χ0) is 21.0. The molecular formula is C23H25NO4S. The summed E-state index contributed by atoms with van der Waals surface area (Å²) < 4.78 is 40.0. The van der Waals surface area contributed by atoms with Gasteiger partial charge in [-0.25, -0.2) is 8.42 Å². The molecule has 6 heteroatoms. The van der Waals surface area contributed by atoms with Crippen LogP contribution in [0.1, 0.15) is 22.3 Å². The van der Waals surface area contributed by atoms with Crippen LogP contribution in [-0.2, 0) is 16.6 Å². The summed E-state index contributed by atoms with van der Waals surface area (Å²) in [5, 5.41) is 0. The summed E-state index contributed by atoms with van der Waals surface area (Å²) in [6, 6.07) is 18.5. The molecule has 0 atom stereocenters. The van der Waals surface area contributed by atoms with Crippen LogP contribution >= 0.6 is 0 Å². The Bertz CT molecular complexity index is 1110. The number of hydrogen-bond acceptors (Lipinski definition) is 4. The molecule has 0 heterocycles. The number of methoxy groups -OCH3 is 1. The molecule has 3 rings (SSSR count). The van der Waals surface area contributed by atoms with Gasteiger partial charge in [0.05, 0.1) is 17.7 Å². The van der Waals surface area contributed by atoms with Gasteiger partial charge in [0.25, 0.3) is 10.0 Å². The van der Waals surface area contributed by atoms with E-state index in [-0.39, 0.29) is 4.90 Å². The first-order valence-corrected chi connectivity index (χ1v) is 10.7. The Labute approximate surface area is 172 Å². The summed E-state index contributed by atoms with van der Waals surface area (Å²) in [6.45, 7) is 5.82. The van der Waals surface area contributed by atoms with Crippen molar-refractivity contribution in [3.63, 3.8) is 0 Å². The highest BCUT2D eigenvalue weighted by Gasteiger charge is 2.23. The highest BCUT2D eigenvalue weighted by atomic mass is 32.2. The molecule has 0 aliphatic rings. The molecule has 0 saturated carbocycles. The van der Waals surface area contributed by atoms with Gasteiger partial charge < -0.3 is 9.47 Å². The molecule has 0 bridgehead atoms. The molecule has 0 amide bonds. The SMILES string of the molecule is COc1cc(C)c(S(=O)(=O)Nc2cccc(OCc3ccccc3)c2)c(C)c1C. The fourth-order valence-corrected chi connectivity index (χ4v) is 4.82. The van der Waals surface area contributed by atoms with Gasteiger partial charge in [0.1, 0.15) is 18.1 Å². The maximum Gasteiger partial charge on any atom is 0.262 e. The Morgan fingerprint density at radius 1 is 0.897 bits per heavy atom. The highest BCUT2D eigenvalue weighted by Crippen LogP contribution is 2.32. The molecule has 0 saturated heterocycles. The minimum Gasteiger partial charge on any atom is -0.496 e. The van der Waals surface area contributed by atoms with Gasteiger partial charge >= 0.3 is 0 Å². The van der Waals surface area contributed by atoms with Gasteiger partial charge in [0.2, 0.25) is 0 Å². The van der Waals surface area contributed by atoms with Crippen molar-refractivity contribution >= 4 is 15.7 Å². The second-order valence-electron chi connectivity index (χ2n) is 6.88. The molecular weight excluding hydrogens is 386 g/mol. The van der Waals surface area contributed by atoms with E-state index in [2.05, 4.69) is 4.72 Å². The van der Waals surface area contributed by atoms with E-state index < -0.39 is 10.0 Å². The third kappa shape index (κ3) is 4.71. The molecule has 152 valence electrons. The fraction of sp³-hybridized carbons (Fsp3) is 0.217. The third-order valence-electron chi connectivity index (χ3n) is 4.80. The topological polar surface area (TPSA) is 64.6 Å². The van der Waals surface area contributed by atoms with E-state index in [0.717, 1.165) is 11.1 Å². The Balaban J connectivity index is 1.83. The van der Waals surface area contributed by atoms with Crippen LogP contribution in [0, 0.1) is 20.8 Å². The van der Waals surface area contributed by atoms with Crippen molar-refractivity contribution in [2.45, 2.75) is 32.3 Å². The van der Waals surface area contributed by atoms with Crippen LogP contribution in [0.2, 0.25) is 0 Å². The molecule has 0 radical (unpaired) electrons.